The molecule has 0 heterocycles. The third-order valence-electron chi connectivity index (χ3n) is 9.86. The van der Waals surface area contributed by atoms with E-state index in [2.05, 4.69) is 111 Å². The molecule has 0 fully saturated rings. The van der Waals surface area contributed by atoms with Crippen LogP contribution in [0, 0.1) is 0 Å². The standard InChI is InChI=1S/C46H64O2/c1-3-5-7-9-11-13-15-17-22-38-47-46(48-39-23-18-16-14-12-10-8-6-4-2)36-34-45(35-37-46)44-32-30-43(31-33-44)42-28-26-41(27-29-42)40-24-20-19-21-25-40/h19-21,24-36H,3-18,22-23,37-39H2,1-2H3. The van der Waals surface area contributed by atoms with Crippen LogP contribution in [0.2, 0.25) is 0 Å². The molecule has 48 heavy (non-hydrogen) atoms. The summed E-state index contributed by atoms with van der Waals surface area (Å²) in [5, 5.41) is 0. The summed E-state index contributed by atoms with van der Waals surface area (Å²) in [7, 11) is 0. The third kappa shape index (κ3) is 13.5. The summed E-state index contributed by atoms with van der Waals surface area (Å²) in [6.07, 6.45) is 31.3. The van der Waals surface area contributed by atoms with E-state index in [1.54, 1.807) is 0 Å². The van der Waals surface area contributed by atoms with Gasteiger partial charge in [-0.1, -0.05) is 208 Å². The minimum atomic E-state index is -0.635. The topological polar surface area (TPSA) is 18.5 Å². The molecule has 1 aliphatic rings. The van der Waals surface area contributed by atoms with Gasteiger partial charge in [-0.05, 0) is 52.3 Å². The maximum Gasteiger partial charge on any atom is 0.191 e. The molecule has 2 nitrogen and oxygen atoms in total. The van der Waals surface area contributed by atoms with Crippen LogP contribution in [0.5, 0.6) is 0 Å². The molecule has 0 saturated carbocycles. The minimum absolute atomic E-state index is 0.635. The fourth-order valence-electron chi connectivity index (χ4n) is 6.73. The molecule has 0 aromatic heterocycles. The van der Waals surface area contributed by atoms with Crippen molar-refractivity contribution in [2.75, 3.05) is 13.2 Å². The highest BCUT2D eigenvalue weighted by Gasteiger charge is 2.30. The fourth-order valence-corrected chi connectivity index (χ4v) is 6.73. The quantitative estimate of drug-likeness (QED) is 0.0672. The highest BCUT2D eigenvalue weighted by molar-refractivity contribution is 5.77. The summed E-state index contributed by atoms with van der Waals surface area (Å²) in [4.78, 5) is 0. The summed E-state index contributed by atoms with van der Waals surface area (Å²) in [5.74, 6) is -0.635. The average molecular weight is 649 g/mol. The molecule has 0 radical (unpaired) electrons. The van der Waals surface area contributed by atoms with Crippen molar-refractivity contribution in [2.45, 2.75) is 142 Å². The molecule has 2 heteroatoms. The second-order valence-corrected chi connectivity index (χ2v) is 13.9. The van der Waals surface area contributed by atoms with E-state index in [4.69, 9.17) is 9.47 Å². The molecule has 0 N–H and O–H groups in total. The van der Waals surface area contributed by atoms with Crippen LogP contribution in [0.3, 0.4) is 0 Å². The molecule has 0 amide bonds. The van der Waals surface area contributed by atoms with Crippen LogP contribution in [0.25, 0.3) is 27.8 Å². The Labute approximate surface area is 294 Å². The Morgan fingerprint density at radius 3 is 1.21 bits per heavy atom. The van der Waals surface area contributed by atoms with E-state index in [1.165, 1.54) is 136 Å². The number of allylic oxidation sites excluding steroid dienone is 2. The summed E-state index contributed by atoms with van der Waals surface area (Å²) in [6.45, 7) is 6.10. The first-order valence-electron chi connectivity index (χ1n) is 19.7. The van der Waals surface area contributed by atoms with Crippen molar-refractivity contribution in [1.29, 1.82) is 0 Å². The van der Waals surface area contributed by atoms with Gasteiger partial charge in [-0.3, -0.25) is 0 Å². The zero-order valence-electron chi connectivity index (χ0n) is 30.4. The summed E-state index contributed by atoms with van der Waals surface area (Å²) < 4.78 is 13.1. The first-order valence-corrected chi connectivity index (χ1v) is 19.7. The Balaban J connectivity index is 1.26. The van der Waals surface area contributed by atoms with Gasteiger partial charge in [0.05, 0.1) is 13.2 Å². The van der Waals surface area contributed by atoms with Gasteiger partial charge in [0.1, 0.15) is 0 Å². The van der Waals surface area contributed by atoms with Crippen LogP contribution in [-0.2, 0) is 9.47 Å². The van der Waals surface area contributed by atoms with Crippen molar-refractivity contribution in [2.24, 2.45) is 0 Å². The number of hydrogen-bond acceptors (Lipinski definition) is 2. The third-order valence-corrected chi connectivity index (χ3v) is 9.86. The van der Waals surface area contributed by atoms with E-state index in [1.807, 2.05) is 0 Å². The van der Waals surface area contributed by atoms with Gasteiger partial charge in [0.15, 0.2) is 5.79 Å². The summed E-state index contributed by atoms with van der Waals surface area (Å²) in [6, 6.07) is 28.4. The second kappa shape index (κ2) is 22.6. The van der Waals surface area contributed by atoms with E-state index in [9.17, 15) is 0 Å². The molecule has 260 valence electrons. The van der Waals surface area contributed by atoms with Gasteiger partial charge in [-0.2, -0.15) is 0 Å². The first kappa shape index (κ1) is 37.9. The largest absolute Gasteiger partial charge is 0.346 e. The van der Waals surface area contributed by atoms with Crippen LogP contribution < -0.4 is 0 Å². The molecule has 3 aromatic rings. The number of ether oxygens (including phenoxy) is 2. The fraction of sp³-hybridized carbons (Fsp3) is 0.522. The van der Waals surface area contributed by atoms with Crippen LogP contribution in [0.4, 0.5) is 0 Å². The lowest BCUT2D eigenvalue weighted by atomic mass is 9.94. The Morgan fingerprint density at radius 1 is 0.438 bits per heavy atom. The van der Waals surface area contributed by atoms with Crippen molar-refractivity contribution < 1.29 is 9.47 Å². The van der Waals surface area contributed by atoms with Gasteiger partial charge in [0, 0.05) is 6.42 Å². The van der Waals surface area contributed by atoms with Crippen molar-refractivity contribution in [3.8, 4) is 22.3 Å². The van der Waals surface area contributed by atoms with Crippen molar-refractivity contribution in [3.63, 3.8) is 0 Å². The Kier molecular flexibility index (Phi) is 17.9. The molecule has 3 aromatic carbocycles. The highest BCUT2D eigenvalue weighted by Crippen LogP contribution is 2.33. The highest BCUT2D eigenvalue weighted by atomic mass is 16.7. The van der Waals surface area contributed by atoms with E-state index >= 15 is 0 Å². The van der Waals surface area contributed by atoms with E-state index in [-0.39, 0.29) is 0 Å². The van der Waals surface area contributed by atoms with Crippen molar-refractivity contribution >= 4 is 5.57 Å². The zero-order valence-corrected chi connectivity index (χ0v) is 30.4. The van der Waals surface area contributed by atoms with Gasteiger partial charge in [0.25, 0.3) is 0 Å². The lowest BCUT2D eigenvalue weighted by molar-refractivity contribution is -0.203. The lowest BCUT2D eigenvalue weighted by Crippen LogP contribution is -2.35. The van der Waals surface area contributed by atoms with E-state index < -0.39 is 5.79 Å². The minimum Gasteiger partial charge on any atom is -0.346 e. The first-order chi connectivity index (χ1) is 23.7. The lowest BCUT2D eigenvalue weighted by Gasteiger charge is -2.33. The normalized spacial score (nSPS) is 13.9. The molecule has 1 aliphatic carbocycles. The molecule has 0 unspecified atom stereocenters. The number of rotatable bonds is 25. The summed E-state index contributed by atoms with van der Waals surface area (Å²) >= 11 is 0. The molecule has 4 rings (SSSR count). The van der Waals surface area contributed by atoms with Gasteiger partial charge >= 0.3 is 0 Å². The molecule has 0 saturated heterocycles. The molecule has 0 spiro atoms. The van der Waals surface area contributed by atoms with Gasteiger partial charge < -0.3 is 9.47 Å². The van der Waals surface area contributed by atoms with E-state index in [0.717, 1.165) is 32.5 Å². The van der Waals surface area contributed by atoms with Gasteiger partial charge in [-0.25, -0.2) is 0 Å². The van der Waals surface area contributed by atoms with Crippen molar-refractivity contribution in [1.82, 2.24) is 0 Å². The maximum atomic E-state index is 6.56. The van der Waals surface area contributed by atoms with Crippen LogP contribution >= 0.6 is 0 Å². The van der Waals surface area contributed by atoms with E-state index in [0.29, 0.717) is 0 Å². The predicted molar refractivity (Wildman–Crippen MR) is 208 cm³/mol. The Hall–Kier alpha value is -2.94. The molecule has 0 atom stereocenters. The molecule has 0 bridgehead atoms. The zero-order chi connectivity index (χ0) is 33.5. The number of hydrogen-bond donors (Lipinski definition) is 0. The monoisotopic (exact) mass is 648 g/mol. The Bertz CT molecular complexity index is 1280. The van der Waals surface area contributed by atoms with Gasteiger partial charge in [-0.15, -0.1) is 0 Å². The molecular formula is C46H64O2. The van der Waals surface area contributed by atoms with Crippen LogP contribution in [0.15, 0.2) is 97.1 Å². The molecular weight excluding hydrogens is 585 g/mol. The SMILES string of the molecule is CCCCCCCCCCCOC1(OCCCCCCCCCCC)C=CC(c2ccc(-c3ccc(-c4ccccc4)cc3)cc2)=CC1. The maximum absolute atomic E-state index is 6.56. The van der Waals surface area contributed by atoms with Crippen LogP contribution in [-0.4, -0.2) is 19.0 Å². The molecule has 0 aliphatic heterocycles. The predicted octanol–water partition coefficient (Wildman–Crippen LogP) is 14.2. The number of unbranched alkanes of at least 4 members (excludes halogenated alkanes) is 16. The summed E-state index contributed by atoms with van der Waals surface area (Å²) in [5.41, 5.74) is 7.46. The van der Waals surface area contributed by atoms with Crippen LogP contribution in [0.1, 0.15) is 141 Å². The number of benzene rings is 3. The average Bonchev–Trinajstić information content (AvgIpc) is 3.14. The van der Waals surface area contributed by atoms with Gasteiger partial charge in [0.2, 0.25) is 0 Å². The Morgan fingerprint density at radius 2 is 0.812 bits per heavy atom. The second-order valence-electron chi connectivity index (χ2n) is 13.9. The van der Waals surface area contributed by atoms with Crippen molar-refractivity contribution in [3.05, 3.63) is 103 Å². The smallest absolute Gasteiger partial charge is 0.191 e.